The third-order valence-corrected chi connectivity index (χ3v) is 5.95. The Morgan fingerprint density at radius 2 is 1.57 bits per heavy atom. The summed E-state index contributed by atoms with van der Waals surface area (Å²) in [6.45, 7) is 6.13. The molecule has 0 radical (unpaired) electrons. The van der Waals surface area contributed by atoms with E-state index in [1.165, 1.54) is 6.92 Å². The molecule has 1 heterocycles. The lowest BCUT2D eigenvalue weighted by Gasteiger charge is -2.21. The Bertz CT molecular complexity index is 1600. The number of carbonyl (C=O) groups excluding carboxylic acids is 3. The summed E-state index contributed by atoms with van der Waals surface area (Å²) in [5.74, 6) is -1.37. The van der Waals surface area contributed by atoms with Crippen LogP contribution >= 0.6 is 0 Å². The number of ether oxygens (including phenoxy) is 1. The standard InChI is InChI=1S/C30H28F3N3O4/c1-18-14-23(35-28(39)40-29(2,3)4)24(16-22(18)30(31,32)33)34-27(38)17-26(37)20-9-7-10-21(15-20)36-13-12-19-8-5-6-11-25(19)36/h5-16H,17H2,1-4H3,(H,34,38)(H,35,39). The molecule has 7 nitrogen and oxygen atoms in total. The third kappa shape index (κ3) is 6.69. The number of halogens is 3. The molecule has 0 aliphatic rings. The van der Waals surface area contributed by atoms with Crippen molar-refractivity contribution in [2.75, 3.05) is 10.6 Å². The normalized spacial score (nSPS) is 11.8. The average molecular weight is 552 g/mol. The lowest BCUT2D eigenvalue weighted by atomic mass is 10.0. The average Bonchev–Trinajstić information content (AvgIpc) is 3.28. The fourth-order valence-corrected chi connectivity index (χ4v) is 4.21. The molecular formula is C30H28F3N3O4. The van der Waals surface area contributed by atoms with Crippen LogP contribution < -0.4 is 10.6 Å². The molecular weight excluding hydrogens is 523 g/mol. The van der Waals surface area contributed by atoms with E-state index in [1.807, 2.05) is 47.2 Å². The minimum Gasteiger partial charge on any atom is -0.444 e. The summed E-state index contributed by atoms with van der Waals surface area (Å²) in [5, 5.41) is 5.75. The van der Waals surface area contributed by atoms with Gasteiger partial charge in [-0.25, -0.2) is 4.79 Å². The van der Waals surface area contributed by atoms with Gasteiger partial charge in [-0.3, -0.25) is 14.9 Å². The first-order chi connectivity index (χ1) is 18.7. The fourth-order valence-electron chi connectivity index (χ4n) is 4.21. The van der Waals surface area contributed by atoms with Crippen LogP contribution in [0.1, 0.15) is 48.7 Å². The fraction of sp³-hybridized carbons (Fsp3) is 0.233. The van der Waals surface area contributed by atoms with Gasteiger partial charge in [-0.15, -0.1) is 0 Å². The van der Waals surface area contributed by atoms with Crippen LogP contribution in [0, 0.1) is 6.92 Å². The van der Waals surface area contributed by atoms with Crippen molar-refractivity contribution < 1.29 is 32.3 Å². The van der Waals surface area contributed by atoms with Gasteiger partial charge in [0.25, 0.3) is 0 Å². The highest BCUT2D eigenvalue weighted by molar-refractivity contribution is 6.12. The molecule has 0 unspecified atom stereocenters. The number of hydrogen-bond donors (Lipinski definition) is 2. The summed E-state index contributed by atoms with van der Waals surface area (Å²) in [7, 11) is 0. The molecule has 0 atom stereocenters. The van der Waals surface area contributed by atoms with E-state index in [2.05, 4.69) is 10.6 Å². The Morgan fingerprint density at radius 1 is 0.875 bits per heavy atom. The summed E-state index contributed by atoms with van der Waals surface area (Å²) in [6, 6.07) is 18.2. The number of nitrogens with one attached hydrogen (secondary N) is 2. The molecule has 1 aromatic heterocycles. The summed E-state index contributed by atoms with van der Waals surface area (Å²) in [4.78, 5) is 38.1. The van der Waals surface area contributed by atoms with Crippen LogP contribution in [0.5, 0.6) is 0 Å². The number of nitrogens with zero attached hydrogens (tertiary/aromatic N) is 1. The summed E-state index contributed by atoms with van der Waals surface area (Å²) < 4.78 is 47.9. The SMILES string of the molecule is Cc1cc(NC(=O)OC(C)(C)C)c(NC(=O)CC(=O)c2cccc(-n3ccc4ccccc43)c2)cc1C(F)(F)F. The second kappa shape index (κ2) is 10.9. The molecule has 0 spiro atoms. The van der Waals surface area contributed by atoms with Crippen LogP contribution in [-0.4, -0.2) is 28.0 Å². The van der Waals surface area contributed by atoms with Gasteiger partial charge in [-0.05, 0) is 75.0 Å². The largest absolute Gasteiger partial charge is 0.444 e. The second-order valence-electron chi connectivity index (χ2n) is 10.3. The minimum absolute atomic E-state index is 0.0953. The molecule has 0 saturated carbocycles. The Morgan fingerprint density at radius 3 is 2.27 bits per heavy atom. The molecule has 0 aliphatic heterocycles. The number of hydrogen-bond acceptors (Lipinski definition) is 4. The van der Waals surface area contributed by atoms with Gasteiger partial charge in [-0.2, -0.15) is 13.2 Å². The number of rotatable bonds is 6. The number of para-hydroxylation sites is 1. The van der Waals surface area contributed by atoms with Crippen LogP contribution in [0.25, 0.3) is 16.6 Å². The molecule has 40 heavy (non-hydrogen) atoms. The van der Waals surface area contributed by atoms with Gasteiger partial charge in [0.2, 0.25) is 5.91 Å². The number of aromatic nitrogens is 1. The Hall–Kier alpha value is -4.60. The number of carbonyl (C=O) groups is 3. The lowest BCUT2D eigenvalue weighted by molar-refractivity contribution is -0.138. The molecule has 4 aromatic rings. The molecule has 208 valence electrons. The van der Waals surface area contributed by atoms with Crippen LogP contribution in [0.2, 0.25) is 0 Å². The Kier molecular flexibility index (Phi) is 7.72. The molecule has 2 N–H and O–H groups in total. The van der Waals surface area contributed by atoms with Gasteiger partial charge < -0.3 is 14.6 Å². The van der Waals surface area contributed by atoms with Crippen molar-refractivity contribution in [1.82, 2.24) is 4.57 Å². The van der Waals surface area contributed by atoms with E-state index in [9.17, 15) is 27.6 Å². The van der Waals surface area contributed by atoms with Crippen LogP contribution in [0.15, 0.2) is 72.9 Å². The highest BCUT2D eigenvalue weighted by atomic mass is 19.4. The number of amides is 2. The van der Waals surface area contributed by atoms with E-state index in [-0.39, 0.29) is 22.5 Å². The predicted octanol–water partition coefficient (Wildman–Crippen LogP) is 7.52. The molecule has 0 bridgehead atoms. The van der Waals surface area contributed by atoms with E-state index < -0.39 is 41.5 Å². The molecule has 3 aromatic carbocycles. The van der Waals surface area contributed by atoms with Crippen LogP contribution in [-0.2, 0) is 15.7 Å². The highest BCUT2D eigenvalue weighted by Gasteiger charge is 2.34. The first-order valence-corrected chi connectivity index (χ1v) is 12.4. The quantitative estimate of drug-likeness (QED) is 0.192. The number of ketones is 1. The summed E-state index contributed by atoms with van der Waals surface area (Å²) in [6.07, 6.45) is -4.37. The van der Waals surface area contributed by atoms with Gasteiger partial charge in [0.1, 0.15) is 5.60 Å². The highest BCUT2D eigenvalue weighted by Crippen LogP contribution is 2.37. The molecule has 2 amide bonds. The number of alkyl halides is 3. The topological polar surface area (TPSA) is 89.4 Å². The van der Waals surface area contributed by atoms with Gasteiger partial charge >= 0.3 is 12.3 Å². The van der Waals surface area contributed by atoms with Crippen LogP contribution in [0.3, 0.4) is 0 Å². The summed E-state index contributed by atoms with van der Waals surface area (Å²) >= 11 is 0. The van der Waals surface area contributed by atoms with Gasteiger partial charge in [0, 0.05) is 17.4 Å². The lowest BCUT2D eigenvalue weighted by Crippen LogP contribution is -2.28. The zero-order valence-corrected chi connectivity index (χ0v) is 22.3. The molecule has 4 rings (SSSR count). The van der Waals surface area contributed by atoms with E-state index >= 15 is 0 Å². The molecule has 0 aliphatic carbocycles. The van der Waals surface area contributed by atoms with Crippen molar-refractivity contribution in [3.05, 3.63) is 89.6 Å². The van der Waals surface area contributed by atoms with Crippen molar-refractivity contribution in [1.29, 1.82) is 0 Å². The number of aryl methyl sites for hydroxylation is 1. The number of benzene rings is 3. The van der Waals surface area contributed by atoms with Crippen molar-refractivity contribution in [3.8, 4) is 5.69 Å². The molecule has 0 fully saturated rings. The van der Waals surface area contributed by atoms with Crippen molar-refractivity contribution in [2.24, 2.45) is 0 Å². The van der Waals surface area contributed by atoms with Gasteiger partial charge in [-0.1, -0.05) is 30.3 Å². The maximum Gasteiger partial charge on any atom is 0.416 e. The van der Waals surface area contributed by atoms with Crippen molar-refractivity contribution in [3.63, 3.8) is 0 Å². The molecule has 0 saturated heterocycles. The third-order valence-electron chi connectivity index (χ3n) is 5.95. The van der Waals surface area contributed by atoms with E-state index in [1.54, 1.807) is 39.0 Å². The Balaban J connectivity index is 1.56. The minimum atomic E-state index is -4.70. The van der Waals surface area contributed by atoms with Crippen molar-refractivity contribution >= 4 is 40.1 Å². The van der Waals surface area contributed by atoms with Crippen LogP contribution in [0.4, 0.5) is 29.3 Å². The monoisotopic (exact) mass is 551 g/mol. The van der Waals surface area contributed by atoms with Crippen molar-refractivity contribution in [2.45, 2.75) is 45.9 Å². The number of anilines is 2. The van der Waals surface area contributed by atoms with Gasteiger partial charge in [0.05, 0.1) is 28.9 Å². The first-order valence-electron chi connectivity index (χ1n) is 12.4. The number of fused-ring (bicyclic) bond motifs is 1. The second-order valence-corrected chi connectivity index (χ2v) is 10.3. The maximum absolute atomic E-state index is 13.6. The molecule has 10 heteroatoms. The van der Waals surface area contributed by atoms with E-state index in [4.69, 9.17) is 4.74 Å². The number of Topliss-reactive ketones (excluding diaryl/α,β-unsaturated/α-hetero) is 1. The smallest absolute Gasteiger partial charge is 0.416 e. The van der Waals surface area contributed by atoms with E-state index in [0.29, 0.717) is 5.69 Å². The van der Waals surface area contributed by atoms with E-state index in [0.717, 1.165) is 23.0 Å². The van der Waals surface area contributed by atoms with Gasteiger partial charge in [0.15, 0.2) is 5.78 Å². The zero-order valence-electron chi connectivity index (χ0n) is 22.3. The predicted molar refractivity (Wildman–Crippen MR) is 147 cm³/mol. The maximum atomic E-state index is 13.6. The zero-order chi connectivity index (χ0) is 29.2. The Labute approximate surface area is 228 Å². The summed E-state index contributed by atoms with van der Waals surface area (Å²) in [5.41, 5.74) is -0.507. The first kappa shape index (κ1) is 28.4.